The summed E-state index contributed by atoms with van der Waals surface area (Å²) in [6.45, 7) is 5.24. The van der Waals surface area contributed by atoms with Crippen molar-refractivity contribution in [3.8, 4) is 11.5 Å². The van der Waals surface area contributed by atoms with Gasteiger partial charge in [0, 0.05) is 11.6 Å². The van der Waals surface area contributed by atoms with Crippen LogP contribution in [0.2, 0.25) is 0 Å². The van der Waals surface area contributed by atoms with Crippen molar-refractivity contribution in [3.05, 3.63) is 94.2 Å². The number of hydrogen-bond donors (Lipinski definition) is 0. The Morgan fingerprint density at radius 3 is 2.78 bits per heavy atom. The van der Waals surface area contributed by atoms with Gasteiger partial charge in [-0.1, -0.05) is 29.5 Å². The molecule has 10 nitrogen and oxygen atoms in total. The third-order valence-electron chi connectivity index (χ3n) is 5.96. The minimum Gasteiger partial charge on any atom is -0.463 e. The van der Waals surface area contributed by atoms with E-state index in [-0.39, 0.29) is 30.2 Å². The smallest absolute Gasteiger partial charge is 0.338 e. The number of carbonyl (C=O) groups is 1. The molecule has 0 unspecified atom stereocenters. The predicted molar refractivity (Wildman–Crippen MR) is 131 cm³/mol. The molecule has 0 radical (unpaired) electrons. The number of esters is 1. The fraction of sp³-hybridized carbons (Fsp3) is 0.240. The number of nitro benzene ring substituents is 1. The number of hydrogen-bond acceptors (Lipinski definition) is 9. The van der Waals surface area contributed by atoms with E-state index >= 15 is 0 Å². The molecule has 0 bridgehead atoms. The molecule has 3 heterocycles. The van der Waals surface area contributed by atoms with Crippen LogP contribution in [-0.4, -0.2) is 28.9 Å². The van der Waals surface area contributed by atoms with Crippen molar-refractivity contribution in [2.24, 2.45) is 4.99 Å². The lowest BCUT2D eigenvalue weighted by molar-refractivity contribution is -0.385. The molecular weight excluding hydrogens is 486 g/mol. The lowest BCUT2D eigenvalue weighted by atomic mass is 9.94. The highest BCUT2D eigenvalue weighted by Crippen LogP contribution is 2.34. The molecule has 2 aromatic carbocycles. The van der Waals surface area contributed by atoms with Crippen LogP contribution < -0.4 is 24.4 Å². The van der Waals surface area contributed by atoms with Crippen LogP contribution in [0.15, 0.2) is 57.5 Å². The van der Waals surface area contributed by atoms with Gasteiger partial charge in [-0.05, 0) is 50.1 Å². The number of thiazole rings is 1. The first-order valence-corrected chi connectivity index (χ1v) is 11.9. The van der Waals surface area contributed by atoms with E-state index in [2.05, 4.69) is 4.99 Å². The van der Waals surface area contributed by atoms with Gasteiger partial charge in [-0.3, -0.25) is 19.5 Å². The van der Waals surface area contributed by atoms with Crippen LogP contribution in [0.1, 0.15) is 36.6 Å². The molecule has 0 fully saturated rings. The number of benzene rings is 2. The fourth-order valence-corrected chi connectivity index (χ4v) is 5.30. The average Bonchev–Trinajstić information content (AvgIpc) is 3.42. The van der Waals surface area contributed by atoms with E-state index < -0.39 is 16.9 Å². The van der Waals surface area contributed by atoms with E-state index in [1.807, 2.05) is 6.07 Å². The number of fused-ring (bicyclic) bond motifs is 2. The molecule has 2 aliphatic rings. The lowest BCUT2D eigenvalue weighted by Crippen LogP contribution is -2.40. The number of nitrogens with zero attached hydrogens (tertiary/aromatic N) is 3. The summed E-state index contributed by atoms with van der Waals surface area (Å²) in [5.41, 5.74) is 1.69. The molecule has 3 aromatic rings. The molecule has 5 rings (SSSR count). The first-order chi connectivity index (χ1) is 17.3. The Labute approximate surface area is 208 Å². The van der Waals surface area contributed by atoms with E-state index in [1.165, 1.54) is 22.0 Å². The van der Waals surface area contributed by atoms with E-state index in [4.69, 9.17) is 14.2 Å². The summed E-state index contributed by atoms with van der Waals surface area (Å²) < 4.78 is 17.8. The maximum atomic E-state index is 13.7. The number of aryl methyl sites for hydroxylation is 1. The van der Waals surface area contributed by atoms with Crippen molar-refractivity contribution >= 4 is 29.1 Å². The average molecular weight is 508 g/mol. The Kier molecular flexibility index (Phi) is 5.92. The molecule has 0 spiro atoms. The standard InChI is InChI=1S/C25H21N3O7S/c1-4-33-24(30)21-14(3)26-25-27(22(21)16-7-5-13(2)17(11-16)28(31)32)23(29)20(36-25)10-15-6-8-18-19(9-15)35-12-34-18/h5-11,22H,4,12H2,1-3H3/b20-10+/t22-/m0/s1. The van der Waals surface area contributed by atoms with Crippen molar-refractivity contribution in [2.75, 3.05) is 13.4 Å². The number of aromatic nitrogens is 1. The van der Waals surface area contributed by atoms with Gasteiger partial charge in [0.1, 0.15) is 0 Å². The summed E-state index contributed by atoms with van der Waals surface area (Å²) in [5, 5.41) is 11.6. The van der Waals surface area contributed by atoms with Gasteiger partial charge in [-0.15, -0.1) is 0 Å². The highest BCUT2D eigenvalue weighted by atomic mass is 32.1. The van der Waals surface area contributed by atoms with Gasteiger partial charge in [0.05, 0.1) is 33.4 Å². The summed E-state index contributed by atoms with van der Waals surface area (Å²) in [6, 6.07) is 9.10. The monoisotopic (exact) mass is 507 g/mol. The Balaban J connectivity index is 1.72. The quantitative estimate of drug-likeness (QED) is 0.296. The van der Waals surface area contributed by atoms with Gasteiger partial charge in [0.25, 0.3) is 11.2 Å². The summed E-state index contributed by atoms with van der Waals surface area (Å²) >= 11 is 1.17. The minimum absolute atomic E-state index is 0.104. The van der Waals surface area contributed by atoms with Crippen LogP contribution in [0, 0.1) is 17.0 Å². The Morgan fingerprint density at radius 1 is 1.25 bits per heavy atom. The summed E-state index contributed by atoms with van der Waals surface area (Å²) in [4.78, 5) is 42.7. The number of nitro groups is 1. The molecule has 0 amide bonds. The van der Waals surface area contributed by atoms with Crippen LogP contribution >= 0.6 is 11.3 Å². The second-order valence-electron chi connectivity index (χ2n) is 8.22. The highest BCUT2D eigenvalue weighted by molar-refractivity contribution is 7.07. The van der Waals surface area contributed by atoms with Crippen molar-refractivity contribution in [3.63, 3.8) is 0 Å². The second kappa shape index (κ2) is 9.08. The molecule has 1 aromatic heterocycles. The number of ether oxygens (including phenoxy) is 3. The van der Waals surface area contributed by atoms with Crippen molar-refractivity contribution in [2.45, 2.75) is 26.8 Å². The van der Waals surface area contributed by atoms with E-state index in [0.29, 0.717) is 37.7 Å². The molecule has 0 aliphatic carbocycles. The third-order valence-corrected chi connectivity index (χ3v) is 6.94. The van der Waals surface area contributed by atoms with Gasteiger partial charge < -0.3 is 14.2 Å². The van der Waals surface area contributed by atoms with Gasteiger partial charge in [-0.2, -0.15) is 0 Å². The van der Waals surface area contributed by atoms with Gasteiger partial charge in [0.15, 0.2) is 16.3 Å². The van der Waals surface area contributed by atoms with E-state index in [9.17, 15) is 19.7 Å². The second-order valence-corrected chi connectivity index (χ2v) is 9.23. The van der Waals surface area contributed by atoms with Gasteiger partial charge in [0.2, 0.25) is 6.79 Å². The highest BCUT2D eigenvalue weighted by Gasteiger charge is 2.34. The first kappa shape index (κ1) is 23.5. The number of rotatable bonds is 5. The van der Waals surface area contributed by atoms with Crippen LogP contribution in [0.3, 0.4) is 0 Å². The Bertz CT molecular complexity index is 1630. The SMILES string of the molecule is CCOC(=O)C1=C(C)N=c2s/c(=C/c3ccc4c(c3)OCO4)c(=O)n2[C@H]1c1ccc(C)c([N+](=O)[O-])c1. The maximum absolute atomic E-state index is 13.7. The number of carbonyl (C=O) groups excluding carboxylic acids is 1. The molecule has 11 heteroatoms. The first-order valence-electron chi connectivity index (χ1n) is 11.1. The molecule has 1 atom stereocenters. The normalized spacial score (nSPS) is 16.5. The van der Waals surface area contributed by atoms with Crippen molar-refractivity contribution in [1.29, 1.82) is 0 Å². The van der Waals surface area contributed by atoms with E-state index in [0.717, 1.165) is 5.56 Å². The van der Waals surface area contributed by atoms with Crippen molar-refractivity contribution in [1.82, 2.24) is 4.57 Å². The van der Waals surface area contributed by atoms with Crippen LogP contribution in [-0.2, 0) is 9.53 Å². The van der Waals surface area contributed by atoms with Gasteiger partial charge in [-0.25, -0.2) is 9.79 Å². The Hall–Kier alpha value is -4.25. The zero-order valence-corrected chi connectivity index (χ0v) is 20.5. The predicted octanol–water partition coefficient (Wildman–Crippen LogP) is 2.74. The van der Waals surface area contributed by atoms with Crippen LogP contribution in [0.25, 0.3) is 6.08 Å². The maximum Gasteiger partial charge on any atom is 0.338 e. The minimum atomic E-state index is -0.932. The third kappa shape index (κ3) is 3.97. The zero-order valence-electron chi connectivity index (χ0n) is 19.6. The van der Waals surface area contributed by atoms with Crippen LogP contribution in [0.4, 0.5) is 5.69 Å². The summed E-state index contributed by atoms with van der Waals surface area (Å²) in [5.74, 6) is 0.586. The fourth-order valence-electron chi connectivity index (χ4n) is 4.25. The number of allylic oxidation sites excluding steroid dienone is 1. The topological polar surface area (TPSA) is 122 Å². The molecule has 0 N–H and O–H groups in total. The van der Waals surface area contributed by atoms with E-state index in [1.54, 1.807) is 51.1 Å². The molecule has 2 aliphatic heterocycles. The zero-order chi connectivity index (χ0) is 25.6. The largest absolute Gasteiger partial charge is 0.463 e. The molecular formula is C25H21N3O7S. The van der Waals surface area contributed by atoms with Gasteiger partial charge >= 0.3 is 5.97 Å². The lowest BCUT2D eigenvalue weighted by Gasteiger charge is -2.24. The Morgan fingerprint density at radius 2 is 2.03 bits per heavy atom. The molecule has 0 saturated carbocycles. The summed E-state index contributed by atoms with van der Waals surface area (Å²) in [7, 11) is 0. The van der Waals surface area contributed by atoms with Crippen molar-refractivity contribution < 1.29 is 23.9 Å². The van der Waals surface area contributed by atoms with Crippen LogP contribution in [0.5, 0.6) is 11.5 Å². The molecule has 0 saturated heterocycles. The molecule has 184 valence electrons. The summed E-state index contributed by atoms with van der Waals surface area (Å²) in [6.07, 6.45) is 1.71. The molecule has 36 heavy (non-hydrogen) atoms.